The van der Waals surface area contributed by atoms with Gasteiger partial charge in [-0.1, -0.05) is 12.1 Å². The van der Waals surface area contributed by atoms with Crippen LogP contribution in [0.4, 0.5) is 10.1 Å². The van der Waals surface area contributed by atoms with Crippen LogP contribution in [0.15, 0.2) is 18.2 Å². The molecule has 0 aliphatic rings. The van der Waals surface area contributed by atoms with Gasteiger partial charge in [-0.25, -0.2) is 0 Å². The van der Waals surface area contributed by atoms with Gasteiger partial charge in [-0.2, -0.15) is 16.2 Å². The van der Waals surface area contributed by atoms with Crippen LogP contribution >= 0.6 is 11.8 Å². The molecule has 0 fully saturated rings. The Hall–Kier alpha value is -1.63. The van der Waals surface area contributed by atoms with Crippen LogP contribution in [-0.2, 0) is 15.3 Å². The first-order valence-corrected chi connectivity index (χ1v) is 6.28. The van der Waals surface area contributed by atoms with Crippen molar-refractivity contribution >= 4 is 23.4 Å². The van der Waals surface area contributed by atoms with Crippen molar-refractivity contribution in [2.24, 2.45) is 0 Å². The molecule has 0 bridgehead atoms. The molecule has 18 heavy (non-hydrogen) atoms. The molecule has 0 heterocycles. The highest BCUT2D eigenvalue weighted by atomic mass is 32.2. The maximum Gasteiger partial charge on any atom is 0.306 e. The Morgan fingerprint density at radius 1 is 1.56 bits per heavy atom. The Balaban J connectivity index is 2.55. The number of thioether (sulfide) groups is 1. The predicted molar refractivity (Wildman–Crippen MR) is 65.8 cm³/mol. The van der Waals surface area contributed by atoms with Crippen LogP contribution in [0.2, 0.25) is 0 Å². The van der Waals surface area contributed by atoms with Gasteiger partial charge in [0.05, 0.1) is 18.5 Å². The van der Waals surface area contributed by atoms with Gasteiger partial charge >= 0.3 is 11.7 Å². The molecule has 0 aromatic heterocycles. The smallest absolute Gasteiger partial charge is 0.306 e. The van der Waals surface area contributed by atoms with Crippen molar-refractivity contribution in [1.29, 1.82) is 0 Å². The van der Waals surface area contributed by atoms with Crippen LogP contribution < -0.4 is 0 Å². The summed E-state index contributed by atoms with van der Waals surface area (Å²) in [5.74, 6) is -0.380. The summed E-state index contributed by atoms with van der Waals surface area (Å²) in [4.78, 5) is 20.6. The Bertz CT molecular complexity index is 453. The highest BCUT2D eigenvalue weighted by Crippen LogP contribution is 2.23. The van der Waals surface area contributed by atoms with E-state index in [2.05, 4.69) is 4.74 Å². The normalized spacial score (nSPS) is 10.1. The number of nitrogens with zero attached hydrogens (tertiary/aromatic N) is 1. The summed E-state index contributed by atoms with van der Waals surface area (Å²) < 4.78 is 18.1. The summed E-state index contributed by atoms with van der Waals surface area (Å²) in [7, 11) is 1.30. The molecular weight excluding hydrogens is 261 g/mol. The number of rotatable bonds is 6. The second-order valence-electron chi connectivity index (χ2n) is 3.39. The monoisotopic (exact) mass is 273 g/mol. The van der Waals surface area contributed by atoms with Crippen molar-refractivity contribution in [3.63, 3.8) is 0 Å². The Labute approximate surface area is 107 Å². The van der Waals surface area contributed by atoms with Gasteiger partial charge in [0, 0.05) is 23.1 Å². The number of ether oxygens (including phenoxy) is 1. The average molecular weight is 273 g/mol. The Morgan fingerprint density at radius 2 is 2.28 bits per heavy atom. The lowest BCUT2D eigenvalue weighted by atomic mass is 10.2. The van der Waals surface area contributed by atoms with Crippen molar-refractivity contribution in [1.82, 2.24) is 0 Å². The van der Waals surface area contributed by atoms with Crippen LogP contribution in [0.1, 0.15) is 12.0 Å². The summed E-state index contributed by atoms with van der Waals surface area (Å²) >= 11 is 1.32. The van der Waals surface area contributed by atoms with E-state index in [4.69, 9.17) is 0 Å². The molecule has 0 saturated heterocycles. The van der Waals surface area contributed by atoms with Crippen molar-refractivity contribution in [3.05, 3.63) is 39.7 Å². The van der Waals surface area contributed by atoms with E-state index in [-0.39, 0.29) is 23.7 Å². The van der Waals surface area contributed by atoms with E-state index >= 15 is 0 Å². The lowest BCUT2D eigenvalue weighted by Gasteiger charge is -2.03. The molecule has 0 radical (unpaired) electrons. The van der Waals surface area contributed by atoms with Crippen LogP contribution in [-0.4, -0.2) is 23.8 Å². The molecule has 0 saturated carbocycles. The molecule has 0 unspecified atom stereocenters. The molecule has 0 aliphatic carbocycles. The third-order valence-electron chi connectivity index (χ3n) is 2.19. The Kier molecular flexibility index (Phi) is 5.57. The summed E-state index contributed by atoms with van der Waals surface area (Å²) in [5, 5.41) is 10.5. The number of carbonyl (C=O) groups excluding carboxylic acids is 1. The lowest BCUT2D eigenvalue weighted by molar-refractivity contribution is -0.387. The van der Waals surface area contributed by atoms with E-state index in [0.717, 1.165) is 6.07 Å². The van der Waals surface area contributed by atoms with Gasteiger partial charge in [-0.15, -0.1) is 0 Å². The number of halogens is 1. The van der Waals surface area contributed by atoms with Gasteiger partial charge in [0.1, 0.15) is 0 Å². The first kappa shape index (κ1) is 14.4. The van der Waals surface area contributed by atoms with E-state index < -0.39 is 16.4 Å². The molecule has 1 rings (SSSR count). The number of benzene rings is 1. The molecule has 7 heteroatoms. The van der Waals surface area contributed by atoms with E-state index in [1.807, 2.05) is 0 Å². The summed E-state index contributed by atoms with van der Waals surface area (Å²) in [6, 6.07) is 4.06. The first-order chi connectivity index (χ1) is 8.56. The molecular formula is C11H12FNO4S. The highest BCUT2D eigenvalue weighted by Gasteiger charge is 2.16. The topological polar surface area (TPSA) is 69.4 Å². The van der Waals surface area contributed by atoms with E-state index in [1.165, 1.54) is 31.0 Å². The zero-order chi connectivity index (χ0) is 13.5. The fourth-order valence-electron chi connectivity index (χ4n) is 1.26. The molecule has 0 atom stereocenters. The highest BCUT2D eigenvalue weighted by molar-refractivity contribution is 7.98. The fraction of sp³-hybridized carbons (Fsp3) is 0.364. The number of nitro benzene ring substituents is 1. The Morgan fingerprint density at radius 3 is 2.89 bits per heavy atom. The van der Waals surface area contributed by atoms with Crippen LogP contribution in [0.25, 0.3) is 0 Å². The summed E-state index contributed by atoms with van der Waals surface area (Å²) in [5.41, 5.74) is -0.264. The third kappa shape index (κ3) is 3.99. The third-order valence-corrected chi connectivity index (χ3v) is 3.20. The maximum absolute atomic E-state index is 13.6. The van der Waals surface area contributed by atoms with Crippen LogP contribution in [0, 0.1) is 15.9 Å². The van der Waals surface area contributed by atoms with E-state index in [0.29, 0.717) is 5.75 Å². The van der Waals surface area contributed by atoms with Crippen molar-refractivity contribution < 1.29 is 18.8 Å². The SMILES string of the molecule is COC(=O)CCSCc1cccc([N+](=O)[O-])c1F. The molecule has 5 nitrogen and oxygen atoms in total. The summed E-state index contributed by atoms with van der Waals surface area (Å²) in [6.45, 7) is 0. The largest absolute Gasteiger partial charge is 0.469 e. The van der Waals surface area contributed by atoms with E-state index in [9.17, 15) is 19.3 Å². The quantitative estimate of drug-likeness (QED) is 0.345. The molecule has 98 valence electrons. The van der Waals surface area contributed by atoms with E-state index in [1.54, 1.807) is 0 Å². The van der Waals surface area contributed by atoms with Gasteiger partial charge in [0.2, 0.25) is 5.82 Å². The minimum atomic E-state index is -0.812. The molecule has 1 aromatic carbocycles. The second-order valence-corrected chi connectivity index (χ2v) is 4.49. The first-order valence-electron chi connectivity index (χ1n) is 5.12. The zero-order valence-electron chi connectivity index (χ0n) is 9.72. The number of methoxy groups -OCH3 is 1. The lowest BCUT2D eigenvalue weighted by Crippen LogP contribution is -2.01. The number of carbonyl (C=O) groups is 1. The average Bonchev–Trinajstić information content (AvgIpc) is 2.35. The molecule has 1 aromatic rings. The van der Waals surface area contributed by atoms with Gasteiger partial charge in [-0.05, 0) is 0 Å². The van der Waals surface area contributed by atoms with Crippen LogP contribution in [0.3, 0.4) is 0 Å². The van der Waals surface area contributed by atoms with Gasteiger partial charge in [0.25, 0.3) is 0 Å². The van der Waals surface area contributed by atoms with Gasteiger partial charge in [0.15, 0.2) is 0 Å². The number of hydrogen-bond acceptors (Lipinski definition) is 5. The van der Waals surface area contributed by atoms with Gasteiger partial charge in [-0.3, -0.25) is 14.9 Å². The zero-order valence-corrected chi connectivity index (χ0v) is 10.5. The maximum atomic E-state index is 13.6. The fourth-order valence-corrected chi connectivity index (χ4v) is 2.16. The number of esters is 1. The van der Waals surface area contributed by atoms with Crippen molar-refractivity contribution in [3.8, 4) is 0 Å². The predicted octanol–water partition coefficient (Wildman–Crippen LogP) is 2.53. The van der Waals surface area contributed by atoms with Gasteiger partial charge < -0.3 is 4.74 Å². The minimum absolute atomic E-state index is 0.234. The molecule has 0 amide bonds. The molecule has 0 N–H and O–H groups in total. The van der Waals surface area contributed by atoms with Crippen molar-refractivity contribution in [2.75, 3.05) is 12.9 Å². The minimum Gasteiger partial charge on any atom is -0.469 e. The standard InChI is InChI=1S/C11H12FNO4S/c1-17-10(14)5-6-18-7-8-3-2-4-9(11(8)12)13(15)16/h2-4H,5-7H2,1H3. The molecule has 0 spiro atoms. The van der Waals surface area contributed by atoms with Crippen molar-refractivity contribution in [2.45, 2.75) is 12.2 Å². The molecule has 0 aliphatic heterocycles. The number of hydrogen-bond donors (Lipinski definition) is 0. The second kappa shape index (κ2) is 6.95. The number of nitro groups is 1. The van der Waals surface area contributed by atoms with Crippen LogP contribution in [0.5, 0.6) is 0 Å². The summed E-state index contributed by atoms with van der Waals surface area (Å²) in [6.07, 6.45) is 0.234.